The van der Waals surface area contributed by atoms with Gasteiger partial charge in [-0.2, -0.15) is 20.5 Å². The lowest BCUT2D eigenvalue weighted by molar-refractivity contribution is -0.127. The summed E-state index contributed by atoms with van der Waals surface area (Å²) in [6.45, 7) is 2.34. The van der Waals surface area contributed by atoms with Crippen molar-refractivity contribution in [2.45, 2.75) is 38.8 Å². The molecule has 0 saturated heterocycles. The van der Waals surface area contributed by atoms with Gasteiger partial charge in [0, 0.05) is 34.5 Å². The van der Waals surface area contributed by atoms with Crippen LogP contribution in [0.1, 0.15) is 45.7 Å². The molecule has 0 radical (unpaired) electrons. The van der Waals surface area contributed by atoms with Gasteiger partial charge >= 0.3 is 0 Å². The number of halogens is 4. The van der Waals surface area contributed by atoms with E-state index in [9.17, 15) is 28.8 Å². The van der Waals surface area contributed by atoms with E-state index < -0.39 is 47.3 Å². The number of benzene rings is 5. The van der Waals surface area contributed by atoms with Crippen LogP contribution in [0.4, 0.5) is 34.1 Å². The summed E-state index contributed by atoms with van der Waals surface area (Å²) in [7, 11) is 0. The van der Waals surface area contributed by atoms with E-state index in [2.05, 4.69) is 41.7 Å². The molecule has 2 atom stereocenters. The molecular weight excluding hydrogens is 878 g/mol. The highest BCUT2D eigenvalue weighted by atomic mass is 35.5. The van der Waals surface area contributed by atoms with Crippen molar-refractivity contribution in [3.05, 3.63) is 141 Å². The van der Waals surface area contributed by atoms with Gasteiger partial charge in [-0.3, -0.25) is 28.8 Å². The molecule has 62 heavy (non-hydrogen) atoms. The molecule has 5 aromatic rings. The minimum atomic E-state index is -1.57. The Bertz CT molecular complexity index is 2380. The largest absolute Gasteiger partial charge is 0.324 e. The number of Topliss-reactive ketones (excluding diaryl/α,β-unsaturated/α-hetero) is 2. The molecule has 14 nitrogen and oxygen atoms in total. The molecule has 318 valence electrons. The summed E-state index contributed by atoms with van der Waals surface area (Å²) < 4.78 is 0. The maximum Gasteiger partial charge on any atom is 0.258 e. The molecule has 5 aromatic carbocycles. The number of aryl methyl sites for hydroxylation is 2. The number of alkyl halides is 2. The molecule has 0 aliphatic rings. The molecule has 5 rings (SSSR count). The van der Waals surface area contributed by atoms with Crippen LogP contribution in [0.25, 0.3) is 0 Å². The maximum absolute atomic E-state index is 13.2. The van der Waals surface area contributed by atoms with Crippen molar-refractivity contribution in [2.75, 3.05) is 33.0 Å². The molecule has 0 bridgehead atoms. The summed E-state index contributed by atoms with van der Waals surface area (Å²) in [5, 5.41) is 26.6. The van der Waals surface area contributed by atoms with Gasteiger partial charge in [0.2, 0.25) is 12.1 Å². The van der Waals surface area contributed by atoms with Crippen LogP contribution in [0, 0.1) is 0 Å². The number of hydrogen-bond donors (Lipinski definition) is 4. The molecule has 0 aliphatic carbocycles. The van der Waals surface area contributed by atoms with Gasteiger partial charge in [-0.15, -0.1) is 23.2 Å². The van der Waals surface area contributed by atoms with E-state index >= 15 is 0 Å². The molecule has 4 N–H and O–H groups in total. The first-order chi connectivity index (χ1) is 29.8. The number of rotatable bonds is 18. The van der Waals surface area contributed by atoms with E-state index in [-0.39, 0.29) is 43.9 Å². The number of nitrogens with one attached hydrogen (secondary N) is 4. The number of ketones is 2. The summed E-state index contributed by atoms with van der Waals surface area (Å²) in [6.07, 6.45) is 1.25. The first-order valence-electron chi connectivity index (χ1n) is 18.8. The van der Waals surface area contributed by atoms with Gasteiger partial charge in [-0.05, 0) is 111 Å². The number of amides is 4. The predicted molar refractivity (Wildman–Crippen MR) is 242 cm³/mol. The van der Waals surface area contributed by atoms with Crippen LogP contribution in [0.15, 0.2) is 130 Å². The Labute approximate surface area is 376 Å². The van der Waals surface area contributed by atoms with Crippen molar-refractivity contribution in [1.29, 1.82) is 0 Å². The Kier molecular flexibility index (Phi) is 17.0. The summed E-state index contributed by atoms with van der Waals surface area (Å²) >= 11 is 24.7. The lowest BCUT2D eigenvalue weighted by Crippen LogP contribution is -2.32. The van der Waals surface area contributed by atoms with Gasteiger partial charge in [-0.25, -0.2) is 0 Å². The third-order valence-corrected chi connectivity index (χ3v) is 10.0. The highest BCUT2D eigenvalue weighted by Crippen LogP contribution is 2.31. The first-order valence-corrected chi connectivity index (χ1v) is 20.6. The highest BCUT2D eigenvalue weighted by Gasteiger charge is 2.26. The molecular formula is C44H38Cl4N8O6. The summed E-state index contributed by atoms with van der Waals surface area (Å²) in [6, 6.07) is 26.1. The zero-order chi connectivity index (χ0) is 44.8. The van der Waals surface area contributed by atoms with Crippen molar-refractivity contribution in [1.82, 2.24) is 0 Å². The zero-order valence-corrected chi connectivity index (χ0v) is 36.1. The van der Waals surface area contributed by atoms with Crippen molar-refractivity contribution < 1.29 is 28.8 Å². The maximum atomic E-state index is 13.2. The third kappa shape index (κ3) is 12.8. The second kappa shape index (κ2) is 22.5. The average molecular weight is 917 g/mol. The smallest absolute Gasteiger partial charge is 0.258 e. The van der Waals surface area contributed by atoms with E-state index in [4.69, 9.17) is 46.4 Å². The Morgan fingerprint density at radius 2 is 0.871 bits per heavy atom. The number of hydrogen-bond acceptors (Lipinski definition) is 10. The van der Waals surface area contributed by atoms with Gasteiger partial charge in [0.05, 0.1) is 21.2 Å². The lowest BCUT2D eigenvalue weighted by atomic mass is 10.1. The van der Waals surface area contributed by atoms with Crippen LogP contribution in [0.2, 0.25) is 10.0 Å². The molecule has 0 heterocycles. The second-order valence-electron chi connectivity index (χ2n) is 13.5. The van der Waals surface area contributed by atoms with Crippen LogP contribution in [0.5, 0.6) is 0 Å². The SMILES string of the molecule is CC(=O)C(N=Nc1cccc(C(=O)Nc2cccc(CCCl)c2)c1Cl)C(=O)Nc1ccc(NC(=O)C(N=Nc2cccc(C(=O)Nc3cccc(CCCl)c3)c2Cl)C(C)=O)cc1. The van der Waals surface area contributed by atoms with E-state index in [0.717, 1.165) is 11.1 Å². The van der Waals surface area contributed by atoms with E-state index in [1.165, 1.54) is 74.5 Å². The molecule has 0 fully saturated rings. The molecule has 2 unspecified atom stereocenters. The average Bonchev–Trinajstić information content (AvgIpc) is 3.23. The molecule has 18 heteroatoms. The van der Waals surface area contributed by atoms with E-state index in [1.807, 2.05) is 12.1 Å². The van der Waals surface area contributed by atoms with Gasteiger partial charge in [0.1, 0.15) is 11.4 Å². The summed E-state index contributed by atoms with van der Waals surface area (Å²) in [5.41, 5.74) is 3.75. The quantitative estimate of drug-likeness (QED) is 0.0383. The molecule has 0 aliphatic heterocycles. The fourth-order valence-electron chi connectivity index (χ4n) is 5.70. The van der Waals surface area contributed by atoms with E-state index in [1.54, 1.807) is 36.4 Å². The fourth-order valence-corrected chi connectivity index (χ4v) is 6.64. The minimum Gasteiger partial charge on any atom is -0.324 e. The summed E-state index contributed by atoms with van der Waals surface area (Å²) in [4.78, 5) is 77.5. The standard InChI is InChI=1S/C44H38Cl4N8O6/c1-25(57)39(55-53-35-13-5-11-33(37(35)47)41(59)51-31-9-3-7-27(23-31)19-21-45)43(61)49-29-15-17-30(18-16-29)50-44(62)40(26(2)58)56-54-36-14-6-12-34(38(36)48)42(60)52-32-10-4-8-28(24-32)20-22-46/h3-18,23-24,39-40H,19-22H2,1-2H3,(H,49,61)(H,50,62)(H,51,59)(H,52,60). The van der Waals surface area contributed by atoms with Crippen molar-refractivity contribution in [3.63, 3.8) is 0 Å². The van der Waals surface area contributed by atoms with Crippen LogP contribution in [-0.4, -0.2) is 59.0 Å². The normalized spacial score (nSPS) is 12.1. The van der Waals surface area contributed by atoms with Crippen molar-refractivity contribution in [3.8, 4) is 0 Å². The predicted octanol–water partition coefficient (Wildman–Crippen LogP) is 10.4. The Balaban J connectivity index is 1.20. The Morgan fingerprint density at radius 1 is 0.500 bits per heavy atom. The molecule has 0 aromatic heterocycles. The number of carbonyl (C=O) groups excluding carboxylic acids is 6. The first kappa shape index (κ1) is 46.7. The second-order valence-corrected chi connectivity index (χ2v) is 15.0. The number of anilines is 4. The van der Waals surface area contributed by atoms with Gasteiger partial charge in [-0.1, -0.05) is 59.6 Å². The molecule has 0 saturated carbocycles. The fraction of sp³-hybridized carbons (Fsp3) is 0.182. The number of carbonyl (C=O) groups is 6. The summed E-state index contributed by atoms with van der Waals surface area (Å²) in [5.74, 6) is -3.03. The zero-order valence-electron chi connectivity index (χ0n) is 33.1. The third-order valence-electron chi connectivity index (χ3n) is 8.83. The Hall–Kier alpha value is -6.32. The monoisotopic (exact) mass is 914 g/mol. The van der Waals surface area contributed by atoms with Gasteiger partial charge in [0.15, 0.2) is 11.6 Å². The number of azo groups is 2. The minimum absolute atomic E-state index is 0.0429. The molecule has 0 spiro atoms. The Morgan fingerprint density at radius 3 is 1.23 bits per heavy atom. The molecule has 4 amide bonds. The van der Waals surface area contributed by atoms with Crippen molar-refractivity contribution >= 4 is 116 Å². The van der Waals surface area contributed by atoms with Crippen LogP contribution in [0.3, 0.4) is 0 Å². The lowest BCUT2D eigenvalue weighted by Gasteiger charge is -2.12. The van der Waals surface area contributed by atoms with Gasteiger partial charge in [0.25, 0.3) is 23.6 Å². The van der Waals surface area contributed by atoms with Crippen LogP contribution < -0.4 is 21.3 Å². The van der Waals surface area contributed by atoms with Crippen LogP contribution in [-0.2, 0) is 32.0 Å². The van der Waals surface area contributed by atoms with Crippen LogP contribution >= 0.6 is 46.4 Å². The topological polar surface area (TPSA) is 200 Å². The highest BCUT2D eigenvalue weighted by molar-refractivity contribution is 6.37. The van der Waals surface area contributed by atoms with E-state index in [0.29, 0.717) is 36.0 Å². The number of nitrogens with zero attached hydrogens (tertiary/aromatic N) is 4. The van der Waals surface area contributed by atoms with Crippen molar-refractivity contribution in [2.24, 2.45) is 20.5 Å². The van der Waals surface area contributed by atoms with Gasteiger partial charge < -0.3 is 21.3 Å².